The first-order chi connectivity index (χ1) is 8.61. The van der Waals surface area contributed by atoms with E-state index in [1.807, 2.05) is 7.05 Å². The zero-order chi connectivity index (χ0) is 13.1. The van der Waals surface area contributed by atoms with Crippen LogP contribution in [-0.4, -0.2) is 23.1 Å². The molecule has 0 atom stereocenters. The zero-order valence-electron chi connectivity index (χ0n) is 11.1. The number of rotatable bonds is 3. The molecule has 2 N–H and O–H groups in total. The average Bonchev–Trinajstić information content (AvgIpc) is 2.41. The highest BCUT2D eigenvalue weighted by atomic mass is 35.5. The number of anilines is 2. The topological polar surface area (TPSA) is 55.0 Å². The highest BCUT2D eigenvalue weighted by molar-refractivity contribution is 6.28. The summed E-state index contributed by atoms with van der Waals surface area (Å²) in [7, 11) is 2.05. The number of nitrogens with zero attached hydrogens (tertiary/aromatic N) is 3. The lowest BCUT2D eigenvalue weighted by molar-refractivity contribution is 0.313. The first-order valence-electron chi connectivity index (χ1n) is 6.62. The normalized spacial score (nSPS) is 23.9. The van der Waals surface area contributed by atoms with E-state index >= 15 is 0 Å². The summed E-state index contributed by atoms with van der Waals surface area (Å²) in [5.41, 5.74) is 6.52. The second-order valence-electron chi connectivity index (χ2n) is 5.11. The fraction of sp³-hybridized carbons (Fsp3) is 0.692. The molecule has 1 aliphatic rings. The molecule has 1 aromatic rings. The van der Waals surface area contributed by atoms with Gasteiger partial charge in [0.05, 0.1) is 11.9 Å². The van der Waals surface area contributed by atoms with Gasteiger partial charge in [-0.1, -0.05) is 13.3 Å². The van der Waals surface area contributed by atoms with Gasteiger partial charge >= 0.3 is 0 Å². The summed E-state index contributed by atoms with van der Waals surface area (Å²) in [4.78, 5) is 10.3. The van der Waals surface area contributed by atoms with Crippen molar-refractivity contribution < 1.29 is 0 Å². The van der Waals surface area contributed by atoms with Crippen LogP contribution in [0.15, 0.2) is 6.20 Å². The molecule has 0 unspecified atom stereocenters. The van der Waals surface area contributed by atoms with Gasteiger partial charge in [0.25, 0.3) is 0 Å². The molecule has 1 heterocycles. The third-order valence-electron chi connectivity index (χ3n) is 4.04. The molecule has 5 heteroatoms. The fourth-order valence-electron chi connectivity index (χ4n) is 2.76. The molecule has 100 valence electrons. The Kier molecular flexibility index (Phi) is 4.27. The Hall–Kier alpha value is -1.03. The summed E-state index contributed by atoms with van der Waals surface area (Å²) in [6.45, 7) is 2.27. The molecule has 0 spiro atoms. The lowest BCUT2D eigenvalue weighted by Gasteiger charge is -2.35. The van der Waals surface area contributed by atoms with Gasteiger partial charge in [-0.25, -0.2) is 4.98 Å². The van der Waals surface area contributed by atoms with Gasteiger partial charge in [-0.05, 0) is 43.2 Å². The van der Waals surface area contributed by atoms with E-state index in [1.54, 1.807) is 6.20 Å². The Bertz CT molecular complexity index is 402. The minimum absolute atomic E-state index is 0.258. The molecule has 0 saturated heterocycles. The molecule has 1 aliphatic carbocycles. The van der Waals surface area contributed by atoms with Gasteiger partial charge in [-0.15, -0.1) is 0 Å². The van der Waals surface area contributed by atoms with Crippen LogP contribution in [0.4, 0.5) is 11.5 Å². The van der Waals surface area contributed by atoms with E-state index in [9.17, 15) is 0 Å². The SMILES string of the molecule is CCC1CCC(N(C)c2nc(Cl)ncc2N)CC1. The highest BCUT2D eigenvalue weighted by Crippen LogP contribution is 2.32. The lowest BCUT2D eigenvalue weighted by Crippen LogP contribution is -2.36. The number of nitrogen functional groups attached to an aromatic ring is 1. The zero-order valence-corrected chi connectivity index (χ0v) is 11.8. The summed E-state index contributed by atoms with van der Waals surface area (Å²) in [6, 6.07) is 0.515. The molecule has 1 fully saturated rings. The molecule has 1 saturated carbocycles. The molecule has 0 amide bonds. The summed E-state index contributed by atoms with van der Waals surface area (Å²) >= 11 is 5.84. The monoisotopic (exact) mass is 268 g/mol. The molecule has 4 nitrogen and oxygen atoms in total. The van der Waals surface area contributed by atoms with E-state index in [4.69, 9.17) is 17.3 Å². The Labute approximate surface area is 114 Å². The minimum atomic E-state index is 0.258. The van der Waals surface area contributed by atoms with Gasteiger partial charge in [0, 0.05) is 13.1 Å². The lowest BCUT2D eigenvalue weighted by atomic mass is 9.84. The van der Waals surface area contributed by atoms with Crippen molar-refractivity contribution in [3.05, 3.63) is 11.5 Å². The van der Waals surface area contributed by atoms with E-state index < -0.39 is 0 Å². The van der Waals surface area contributed by atoms with Gasteiger partial charge in [-0.2, -0.15) is 4.98 Å². The molecule has 2 rings (SSSR count). The van der Waals surface area contributed by atoms with Crippen LogP contribution in [0.1, 0.15) is 39.0 Å². The smallest absolute Gasteiger partial charge is 0.224 e. The van der Waals surface area contributed by atoms with E-state index in [1.165, 1.54) is 32.1 Å². The molecule has 0 bridgehead atoms. The predicted molar refractivity (Wildman–Crippen MR) is 75.9 cm³/mol. The van der Waals surface area contributed by atoms with Crippen molar-refractivity contribution in [2.75, 3.05) is 17.7 Å². The Balaban J connectivity index is 2.07. The predicted octanol–water partition coefficient (Wildman–Crippen LogP) is 3.12. The largest absolute Gasteiger partial charge is 0.394 e. The maximum Gasteiger partial charge on any atom is 0.224 e. The van der Waals surface area contributed by atoms with E-state index in [-0.39, 0.29) is 5.28 Å². The number of hydrogen-bond donors (Lipinski definition) is 1. The van der Waals surface area contributed by atoms with Crippen molar-refractivity contribution in [1.82, 2.24) is 9.97 Å². The van der Waals surface area contributed by atoms with E-state index in [0.717, 1.165) is 11.7 Å². The van der Waals surface area contributed by atoms with Crippen LogP contribution in [0.25, 0.3) is 0 Å². The number of nitrogens with two attached hydrogens (primary N) is 1. The second-order valence-corrected chi connectivity index (χ2v) is 5.45. The summed E-state index contributed by atoms with van der Waals surface area (Å²) < 4.78 is 0. The first-order valence-corrected chi connectivity index (χ1v) is 7.00. The van der Waals surface area contributed by atoms with Gasteiger partial charge in [0.1, 0.15) is 0 Å². The molecule has 0 aromatic carbocycles. The Morgan fingerprint density at radius 1 is 1.39 bits per heavy atom. The molecular weight excluding hydrogens is 248 g/mol. The van der Waals surface area contributed by atoms with Crippen molar-refractivity contribution in [1.29, 1.82) is 0 Å². The number of hydrogen-bond acceptors (Lipinski definition) is 4. The Morgan fingerprint density at radius 2 is 2.06 bits per heavy atom. The quantitative estimate of drug-likeness (QED) is 0.856. The van der Waals surface area contributed by atoms with Crippen LogP contribution in [0.3, 0.4) is 0 Å². The summed E-state index contributed by atoms with van der Waals surface area (Å²) in [5.74, 6) is 1.65. The minimum Gasteiger partial charge on any atom is -0.394 e. The van der Waals surface area contributed by atoms with Crippen molar-refractivity contribution in [3.8, 4) is 0 Å². The van der Waals surface area contributed by atoms with E-state index in [2.05, 4.69) is 21.8 Å². The fourth-order valence-corrected chi connectivity index (χ4v) is 2.89. The average molecular weight is 269 g/mol. The van der Waals surface area contributed by atoms with Crippen molar-refractivity contribution in [2.45, 2.75) is 45.1 Å². The van der Waals surface area contributed by atoms with Crippen molar-refractivity contribution >= 4 is 23.1 Å². The third-order valence-corrected chi connectivity index (χ3v) is 4.22. The highest BCUT2D eigenvalue weighted by Gasteiger charge is 2.25. The molecular formula is C13H21ClN4. The van der Waals surface area contributed by atoms with Gasteiger partial charge in [-0.3, -0.25) is 0 Å². The summed E-state index contributed by atoms with van der Waals surface area (Å²) in [6.07, 6.45) is 7.87. The van der Waals surface area contributed by atoms with Crippen LogP contribution < -0.4 is 10.6 Å². The molecule has 0 aliphatic heterocycles. The second kappa shape index (κ2) is 5.74. The third kappa shape index (κ3) is 2.86. The first kappa shape index (κ1) is 13.4. The number of halogens is 1. The summed E-state index contributed by atoms with van der Waals surface area (Å²) in [5, 5.41) is 0.258. The molecule has 1 aromatic heterocycles. The maximum absolute atomic E-state index is 5.93. The number of aromatic nitrogens is 2. The molecule has 0 radical (unpaired) electrons. The standard InChI is InChI=1S/C13H21ClN4/c1-3-9-4-6-10(7-5-9)18(2)12-11(15)8-16-13(14)17-12/h8-10H,3-7,15H2,1-2H3. The molecule has 18 heavy (non-hydrogen) atoms. The van der Waals surface area contributed by atoms with Crippen LogP contribution >= 0.6 is 11.6 Å². The van der Waals surface area contributed by atoms with Gasteiger partial charge in [0.15, 0.2) is 5.82 Å². The van der Waals surface area contributed by atoms with Crippen LogP contribution in [0.5, 0.6) is 0 Å². The van der Waals surface area contributed by atoms with Crippen LogP contribution in [0, 0.1) is 5.92 Å². The van der Waals surface area contributed by atoms with Crippen molar-refractivity contribution in [2.24, 2.45) is 5.92 Å². The van der Waals surface area contributed by atoms with Crippen molar-refractivity contribution in [3.63, 3.8) is 0 Å². The van der Waals surface area contributed by atoms with Crippen LogP contribution in [-0.2, 0) is 0 Å². The van der Waals surface area contributed by atoms with Crippen LogP contribution in [0.2, 0.25) is 5.28 Å². The Morgan fingerprint density at radius 3 is 2.67 bits per heavy atom. The maximum atomic E-state index is 5.93. The van der Waals surface area contributed by atoms with Gasteiger partial charge < -0.3 is 10.6 Å². The van der Waals surface area contributed by atoms with E-state index in [0.29, 0.717) is 11.7 Å². The van der Waals surface area contributed by atoms with Gasteiger partial charge in [0.2, 0.25) is 5.28 Å².